The monoisotopic (exact) mass is 396 g/mol. The maximum Gasteiger partial charge on any atom is 0.259 e. The van der Waals surface area contributed by atoms with Gasteiger partial charge in [0.1, 0.15) is 5.69 Å². The van der Waals surface area contributed by atoms with Gasteiger partial charge in [0, 0.05) is 23.8 Å². The molecule has 0 aliphatic rings. The molecule has 30 heavy (non-hydrogen) atoms. The van der Waals surface area contributed by atoms with Gasteiger partial charge in [-0.2, -0.15) is 5.11 Å². The van der Waals surface area contributed by atoms with E-state index in [1.165, 1.54) is 0 Å². The van der Waals surface area contributed by atoms with Crippen molar-refractivity contribution in [1.29, 1.82) is 0 Å². The number of nitrogens with one attached hydrogen (secondary N) is 2. The number of amides is 1. The predicted molar refractivity (Wildman–Crippen MR) is 120 cm³/mol. The van der Waals surface area contributed by atoms with E-state index in [1.54, 1.807) is 18.2 Å². The van der Waals surface area contributed by atoms with Crippen molar-refractivity contribution in [3.8, 4) is 5.75 Å². The number of carbonyl (C=O) groups is 1. The highest BCUT2D eigenvalue weighted by atomic mass is 16.3. The number of aromatic hydroxyl groups is 1. The number of hydrogen-bond acceptors (Lipinski definition) is 5. The summed E-state index contributed by atoms with van der Waals surface area (Å²) >= 11 is 0. The Balaban J connectivity index is 1.75. The van der Waals surface area contributed by atoms with Gasteiger partial charge < -0.3 is 15.7 Å². The van der Waals surface area contributed by atoms with Gasteiger partial charge in [0.05, 0.1) is 11.3 Å². The largest absolute Gasteiger partial charge is 0.505 e. The van der Waals surface area contributed by atoms with Crippen molar-refractivity contribution in [2.75, 3.05) is 17.7 Å². The Labute approximate surface area is 173 Å². The molecule has 1 amide bonds. The Morgan fingerprint density at radius 1 is 0.833 bits per heavy atom. The Kier molecular flexibility index (Phi) is 5.39. The van der Waals surface area contributed by atoms with Gasteiger partial charge in [0.25, 0.3) is 5.91 Å². The number of nitrogens with zero attached hydrogens (tertiary/aromatic N) is 2. The first-order valence-electron chi connectivity index (χ1n) is 9.46. The fraction of sp³-hybridized carbons (Fsp3) is 0.0417. The number of para-hydroxylation sites is 1. The molecule has 0 heterocycles. The molecule has 0 spiro atoms. The Bertz CT molecular complexity index is 1220. The molecule has 6 heteroatoms. The van der Waals surface area contributed by atoms with Crippen molar-refractivity contribution in [2.45, 2.75) is 0 Å². The van der Waals surface area contributed by atoms with Crippen LogP contribution in [0.1, 0.15) is 10.4 Å². The molecule has 0 aromatic heterocycles. The van der Waals surface area contributed by atoms with Crippen LogP contribution >= 0.6 is 0 Å². The maximum atomic E-state index is 12.8. The van der Waals surface area contributed by atoms with Crippen molar-refractivity contribution in [1.82, 2.24) is 0 Å². The van der Waals surface area contributed by atoms with Crippen LogP contribution in [0.3, 0.4) is 0 Å². The van der Waals surface area contributed by atoms with Gasteiger partial charge in [-0.05, 0) is 47.9 Å². The summed E-state index contributed by atoms with van der Waals surface area (Å²) in [7, 11) is 1.84. The van der Waals surface area contributed by atoms with E-state index in [4.69, 9.17) is 0 Å². The first kappa shape index (κ1) is 19.1. The summed E-state index contributed by atoms with van der Waals surface area (Å²) in [5, 5.41) is 26.7. The number of rotatable bonds is 5. The zero-order valence-electron chi connectivity index (χ0n) is 16.3. The topological polar surface area (TPSA) is 86.1 Å². The van der Waals surface area contributed by atoms with Crippen LogP contribution in [0.4, 0.5) is 22.7 Å². The van der Waals surface area contributed by atoms with Crippen molar-refractivity contribution in [3.05, 3.63) is 90.5 Å². The zero-order chi connectivity index (χ0) is 20.9. The lowest BCUT2D eigenvalue weighted by molar-refractivity contribution is 0.102. The van der Waals surface area contributed by atoms with Gasteiger partial charge >= 0.3 is 0 Å². The molecule has 0 unspecified atom stereocenters. The standard InChI is InChI=1S/C24H20N4O2/c1-25-17-11-13-19(14-12-17)27-28-22-20-10-6-5-7-16(20)15-21(23(22)29)24(30)26-18-8-3-2-4-9-18/h2-15,25,29H,1H3,(H,26,30). The smallest absolute Gasteiger partial charge is 0.259 e. The van der Waals surface area contributed by atoms with Crippen LogP contribution in [-0.2, 0) is 0 Å². The van der Waals surface area contributed by atoms with Crippen LogP contribution < -0.4 is 10.6 Å². The van der Waals surface area contributed by atoms with E-state index < -0.39 is 5.91 Å². The third-order valence-corrected chi connectivity index (χ3v) is 4.69. The highest BCUT2D eigenvalue weighted by Crippen LogP contribution is 2.39. The number of anilines is 2. The highest BCUT2D eigenvalue weighted by Gasteiger charge is 2.18. The average Bonchev–Trinajstić information content (AvgIpc) is 2.79. The van der Waals surface area contributed by atoms with Crippen molar-refractivity contribution < 1.29 is 9.90 Å². The van der Waals surface area contributed by atoms with E-state index >= 15 is 0 Å². The summed E-state index contributed by atoms with van der Waals surface area (Å²) in [5.74, 6) is -0.628. The summed E-state index contributed by atoms with van der Waals surface area (Å²) in [4.78, 5) is 12.8. The van der Waals surface area contributed by atoms with Crippen LogP contribution in [0.25, 0.3) is 10.8 Å². The molecule has 3 N–H and O–H groups in total. The highest BCUT2D eigenvalue weighted by molar-refractivity contribution is 6.11. The lowest BCUT2D eigenvalue weighted by atomic mass is 10.0. The van der Waals surface area contributed by atoms with Crippen LogP contribution in [0.5, 0.6) is 5.75 Å². The van der Waals surface area contributed by atoms with Gasteiger partial charge in [0.2, 0.25) is 0 Å². The van der Waals surface area contributed by atoms with E-state index in [2.05, 4.69) is 20.9 Å². The first-order chi connectivity index (χ1) is 14.7. The second kappa shape index (κ2) is 8.45. The van der Waals surface area contributed by atoms with Gasteiger partial charge in [-0.1, -0.05) is 42.5 Å². The average molecular weight is 396 g/mol. The van der Waals surface area contributed by atoms with Crippen LogP contribution in [0.2, 0.25) is 0 Å². The Morgan fingerprint density at radius 2 is 1.53 bits per heavy atom. The molecule has 4 rings (SSSR count). The number of benzene rings is 4. The molecule has 0 saturated carbocycles. The number of fused-ring (bicyclic) bond motifs is 1. The summed E-state index contributed by atoms with van der Waals surface area (Å²) in [6.45, 7) is 0. The second-order valence-electron chi connectivity index (χ2n) is 6.66. The first-order valence-corrected chi connectivity index (χ1v) is 9.46. The number of phenolic OH excluding ortho intramolecular Hbond substituents is 1. The van der Waals surface area contributed by atoms with Gasteiger partial charge in [-0.15, -0.1) is 5.11 Å². The minimum absolute atomic E-state index is 0.136. The minimum Gasteiger partial charge on any atom is -0.505 e. The molecule has 0 saturated heterocycles. The van der Waals surface area contributed by atoms with Gasteiger partial charge in [-0.3, -0.25) is 4.79 Å². The number of hydrogen-bond donors (Lipinski definition) is 3. The van der Waals surface area contributed by atoms with Crippen molar-refractivity contribution in [2.24, 2.45) is 10.2 Å². The van der Waals surface area contributed by atoms with Crippen molar-refractivity contribution >= 4 is 39.4 Å². The zero-order valence-corrected chi connectivity index (χ0v) is 16.3. The molecule has 0 bridgehead atoms. The predicted octanol–water partition coefficient (Wildman–Crippen LogP) is 6.25. The molecule has 4 aromatic rings. The second-order valence-corrected chi connectivity index (χ2v) is 6.66. The molecule has 0 radical (unpaired) electrons. The summed E-state index contributed by atoms with van der Waals surface area (Å²) in [6.07, 6.45) is 0. The summed E-state index contributed by atoms with van der Waals surface area (Å²) in [6, 6.07) is 25.6. The van der Waals surface area contributed by atoms with Crippen LogP contribution in [-0.4, -0.2) is 18.1 Å². The molecular formula is C24H20N4O2. The van der Waals surface area contributed by atoms with E-state index in [-0.39, 0.29) is 17.0 Å². The number of phenols is 1. The van der Waals surface area contributed by atoms with Gasteiger partial charge in [-0.25, -0.2) is 0 Å². The number of carbonyl (C=O) groups excluding carboxylic acids is 1. The Morgan fingerprint density at radius 3 is 2.27 bits per heavy atom. The molecule has 0 aliphatic carbocycles. The van der Waals surface area contributed by atoms with E-state index in [1.807, 2.05) is 73.8 Å². The molecule has 6 nitrogen and oxygen atoms in total. The summed E-state index contributed by atoms with van der Waals surface area (Å²) < 4.78 is 0. The molecule has 4 aromatic carbocycles. The normalized spacial score (nSPS) is 11.0. The lowest BCUT2D eigenvalue weighted by Gasteiger charge is -2.11. The van der Waals surface area contributed by atoms with Gasteiger partial charge in [0.15, 0.2) is 5.75 Å². The quantitative estimate of drug-likeness (QED) is 0.348. The third kappa shape index (κ3) is 3.98. The lowest BCUT2D eigenvalue weighted by Crippen LogP contribution is -2.12. The molecule has 148 valence electrons. The molecule has 0 fully saturated rings. The fourth-order valence-electron chi connectivity index (χ4n) is 3.11. The minimum atomic E-state index is -0.417. The summed E-state index contributed by atoms with van der Waals surface area (Å²) in [5.41, 5.74) is 2.63. The third-order valence-electron chi connectivity index (χ3n) is 4.69. The fourth-order valence-corrected chi connectivity index (χ4v) is 3.11. The van der Waals surface area contributed by atoms with E-state index in [0.717, 1.165) is 11.1 Å². The SMILES string of the molecule is CNc1ccc(N=Nc2c(O)c(C(=O)Nc3ccccc3)cc3ccccc23)cc1. The van der Waals surface area contributed by atoms with Crippen LogP contribution in [0.15, 0.2) is 95.2 Å². The van der Waals surface area contributed by atoms with E-state index in [9.17, 15) is 9.90 Å². The molecular weight excluding hydrogens is 376 g/mol. The van der Waals surface area contributed by atoms with Crippen molar-refractivity contribution in [3.63, 3.8) is 0 Å². The maximum absolute atomic E-state index is 12.8. The van der Waals surface area contributed by atoms with Crippen LogP contribution in [0, 0.1) is 0 Å². The number of azo groups is 1. The van der Waals surface area contributed by atoms with E-state index in [0.29, 0.717) is 16.8 Å². The molecule has 0 atom stereocenters. The Hall–Kier alpha value is -4.19. The molecule has 0 aliphatic heterocycles.